The van der Waals surface area contributed by atoms with Crippen LogP contribution in [0.3, 0.4) is 0 Å². The molecular formula is C14H17N3O2. The zero-order chi connectivity index (χ0) is 13.7. The van der Waals surface area contributed by atoms with Crippen LogP contribution in [0.4, 0.5) is 5.69 Å². The van der Waals surface area contributed by atoms with Crippen LogP contribution >= 0.6 is 0 Å². The Balaban J connectivity index is 2.16. The Hall–Kier alpha value is -2.14. The van der Waals surface area contributed by atoms with Gasteiger partial charge in [0.2, 0.25) is 5.91 Å². The van der Waals surface area contributed by atoms with Crippen molar-refractivity contribution in [3.05, 3.63) is 42.2 Å². The lowest BCUT2D eigenvalue weighted by Crippen LogP contribution is -2.19. The Kier molecular flexibility index (Phi) is 4.30. The summed E-state index contributed by atoms with van der Waals surface area (Å²) in [5, 5.41) is 7.01. The van der Waals surface area contributed by atoms with Gasteiger partial charge in [-0.1, -0.05) is 6.07 Å². The van der Waals surface area contributed by atoms with Crippen molar-refractivity contribution in [2.45, 2.75) is 13.8 Å². The maximum absolute atomic E-state index is 11.7. The molecule has 0 spiro atoms. The van der Waals surface area contributed by atoms with Crippen molar-refractivity contribution in [3.8, 4) is 5.69 Å². The van der Waals surface area contributed by atoms with Crippen molar-refractivity contribution in [1.29, 1.82) is 0 Å². The SMILES string of the molecule is CCOCC(=O)Nc1cc(-n2cccn2)ccc1C. The van der Waals surface area contributed by atoms with Gasteiger partial charge in [0.05, 0.1) is 5.69 Å². The van der Waals surface area contributed by atoms with Crippen LogP contribution in [0.2, 0.25) is 0 Å². The van der Waals surface area contributed by atoms with E-state index in [2.05, 4.69) is 10.4 Å². The summed E-state index contributed by atoms with van der Waals surface area (Å²) in [5.41, 5.74) is 2.68. The summed E-state index contributed by atoms with van der Waals surface area (Å²) in [7, 11) is 0. The van der Waals surface area contributed by atoms with Crippen molar-refractivity contribution in [2.24, 2.45) is 0 Å². The van der Waals surface area contributed by atoms with Gasteiger partial charge in [-0.25, -0.2) is 4.68 Å². The molecule has 5 heteroatoms. The Morgan fingerprint density at radius 1 is 1.47 bits per heavy atom. The van der Waals surface area contributed by atoms with Crippen LogP contribution in [0.1, 0.15) is 12.5 Å². The Labute approximate surface area is 112 Å². The minimum atomic E-state index is -0.150. The van der Waals surface area contributed by atoms with Crippen LogP contribution < -0.4 is 5.32 Å². The first-order valence-corrected chi connectivity index (χ1v) is 6.19. The number of nitrogens with one attached hydrogen (secondary N) is 1. The van der Waals surface area contributed by atoms with E-state index in [1.165, 1.54) is 0 Å². The van der Waals surface area contributed by atoms with E-state index in [1.54, 1.807) is 10.9 Å². The normalized spacial score (nSPS) is 10.4. The highest BCUT2D eigenvalue weighted by Gasteiger charge is 2.06. The fraction of sp³-hybridized carbons (Fsp3) is 0.286. The number of aryl methyl sites for hydroxylation is 1. The monoisotopic (exact) mass is 259 g/mol. The van der Waals surface area contributed by atoms with E-state index in [1.807, 2.05) is 44.3 Å². The zero-order valence-electron chi connectivity index (χ0n) is 11.1. The quantitative estimate of drug-likeness (QED) is 0.895. The lowest BCUT2D eigenvalue weighted by Gasteiger charge is -2.10. The van der Waals surface area contributed by atoms with E-state index < -0.39 is 0 Å². The number of rotatable bonds is 5. The summed E-state index contributed by atoms with van der Waals surface area (Å²) < 4.78 is 6.83. The minimum Gasteiger partial charge on any atom is -0.372 e. The molecule has 0 aliphatic carbocycles. The fourth-order valence-corrected chi connectivity index (χ4v) is 1.69. The molecule has 5 nitrogen and oxygen atoms in total. The van der Waals surface area contributed by atoms with Gasteiger partial charge in [-0.2, -0.15) is 5.10 Å². The van der Waals surface area contributed by atoms with Crippen LogP contribution in [0.15, 0.2) is 36.7 Å². The van der Waals surface area contributed by atoms with Crippen LogP contribution in [-0.2, 0) is 9.53 Å². The number of hydrogen-bond acceptors (Lipinski definition) is 3. The highest BCUT2D eigenvalue weighted by molar-refractivity contribution is 5.92. The molecule has 1 aromatic heterocycles. The van der Waals surface area contributed by atoms with E-state index >= 15 is 0 Å². The van der Waals surface area contributed by atoms with Crippen LogP contribution in [0.5, 0.6) is 0 Å². The average Bonchev–Trinajstić information content (AvgIpc) is 2.93. The first-order chi connectivity index (χ1) is 9.20. The summed E-state index contributed by atoms with van der Waals surface area (Å²) in [4.78, 5) is 11.7. The number of aromatic nitrogens is 2. The molecule has 1 aromatic carbocycles. The number of carbonyl (C=O) groups excluding carboxylic acids is 1. The average molecular weight is 259 g/mol. The lowest BCUT2D eigenvalue weighted by atomic mass is 10.2. The van der Waals surface area contributed by atoms with Gasteiger partial charge >= 0.3 is 0 Å². The maximum atomic E-state index is 11.7. The molecule has 0 atom stereocenters. The molecule has 0 fully saturated rings. The van der Waals surface area contributed by atoms with Crippen molar-refractivity contribution < 1.29 is 9.53 Å². The third kappa shape index (κ3) is 3.42. The second-order valence-corrected chi connectivity index (χ2v) is 4.14. The summed E-state index contributed by atoms with van der Waals surface area (Å²) in [5.74, 6) is -0.150. The molecule has 0 saturated carbocycles. The molecular weight excluding hydrogens is 242 g/mol. The number of hydrogen-bond donors (Lipinski definition) is 1. The first kappa shape index (κ1) is 13.3. The van der Waals surface area contributed by atoms with Gasteiger partial charge in [-0.05, 0) is 37.6 Å². The Morgan fingerprint density at radius 3 is 3.00 bits per heavy atom. The second-order valence-electron chi connectivity index (χ2n) is 4.14. The number of nitrogens with zero attached hydrogens (tertiary/aromatic N) is 2. The van der Waals surface area contributed by atoms with Gasteiger partial charge in [0.1, 0.15) is 6.61 Å². The molecule has 0 aliphatic heterocycles. The van der Waals surface area contributed by atoms with Crippen molar-refractivity contribution in [3.63, 3.8) is 0 Å². The molecule has 0 bridgehead atoms. The molecule has 0 saturated heterocycles. The smallest absolute Gasteiger partial charge is 0.250 e. The summed E-state index contributed by atoms with van der Waals surface area (Å²) in [6.07, 6.45) is 3.57. The van der Waals surface area contributed by atoms with Gasteiger partial charge in [-0.15, -0.1) is 0 Å². The molecule has 1 heterocycles. The standard InChI is InChI=1S/C14H17N3O2/c1-3-19-10-14(18)16-13-9-12(6-5-11(13)2)17-8-4-7-15-17/h4-9H,3,10H2,1-2H3,(H,16,18). The number of amides is 1. The summed E-state index contributed by atoms with van der Waals surface area (Å²) in [6, 6.07) is 7.66. The van der Waals surface area contributed by atoms with Gasteiger partial charge < -0.3 is 10.1 Å². The van der Waals surface area contributed by atoms with E-state index in [0.717, 1.165) is 16.9 Å². The molecule has 0 aliphatic rings. The van der Waals surface area contributed by atoms with E-state index in [-0.39, 0.29) is 12.5 Å². The van der Waals surface area contributed by atoms with Gasteiger partial charge in [0.15, 0.2) is 0 Å². The molecule has 1 amide bonds. The molecule has 2 aromatic rings. The Morgan fingerprint density at radius 2 is 2.32 bits per heavy atom. The molecule has 0 unspecified atom stereocenters. The van der Waals surface area contributed by atoms with Crippen LogP contribution in [0, 0.1) is 6.92 Å². The molecule has 19 heavy (non-hydrogen) atoms. The van der Waals surface area contributed by atoms with Crippen molar-refractivity contribution in [1.82, 2.24) is 9.78 Å². The summed E-state index contributed by atoms with van der Waals surface area (Å²) in [6.45, 7) is 4.40. The summed E-state index contributed by atoms with van der Waals surface area (Å²) >= 11 is 0. The highest BCUT2D eigenvalue weighted by atomic mass is 16.5. The number of carbonyl (C=O) groups is 1. The number of benzene rings is 1. The third-order valence-electron chi connectivity index (χ3n) is 2.70. The topological polar surface area (TPSA) is 56.1 Å². The number of anilines is 1. The van der Waals surface area contributed by atoms with E-state index in [0.29, 0.717) is 6.61 Å². The molecule has 1 N–H and O–H groups in total. The second kappa shape index (κ2) is 6.15. The molecule has 0 radical (unpaired) electrons. The van der Waals surface area contributed by atoms with Crippen LogP contribution in [-0.4, -0.2) is 28.9 Å². The molecule has 100 valence electrons. The predicted molar refractivity (Wildman–Crippen MR) is 73.4 cm³/mol. The largest absolute Gasteiger partial charge is 0.372 e. The Bertz CT molecular complexity index is 550. The number of ether oxygens (including phenoxy) is 1. The fourth-order valence-electron chi connectivity index (χ4n) is 1.69. The third-order valence-corrected chi connectivity index (χ3v) is 2.70. The highest BCUT2D eigenvalue weighted by Crippen LogP contribution is 2.19. The lowest BCUT2D eigenvalue weighted by molar-refractivity contribution is -0.120. The van der Waals surface area contributed by atoms with E-state index in [4.69, 9.17) is 4.74 Å². The van der Waals surface area contributed by atoms with Gasteiger partial charge in [-0.3, -0.25) is 4.79 Å². The van der Waals surface area contributed by atoms with Crippen molar-refractivity contribution >= 4 is 11.6 Å². The minimum absolute atomic E-state index is 0.0714. The van der Waals surface area contributed by atoms with Crippen LogP contribution in [0.25, 0.3) is 5.69 Å². The van der Waals surface area contributed by atoms with Gasteiger partial charge in [0, 0.05) is 24.7 Å². The zero-order valence-corrected chi connectivity index (χ0v) is 11.1. The van der Waals surface area contributed by atoms with E-state index in [9.17, 15) is 4.79 Å². The maximum Gasteiger partial charge on any atom is 0.250 e. The van der Waals surface area contributed by atoms with Crippen molar-refractivity contribution in [2.75, 3.05) is 18.5 Å². The molecule has 2 rings (SSSR count). The first-order valence-electron chi connectivity index (χ1n) is 6.19. The predicted octanol–water partition coefficient (Wildman–Crippen LogP) is 2.16. The van der Waals surface area contributed by atoms with Gasteiger partial charge in [0.25, 0.3) is 0 Å².